The molecule has 0 bridgehead atoms. The van der Waals surface area contributed by atoms with Crippen LogP contribution >= 0.6 is 11.3 Å². The molecule has 1 aliphatic heterocycles. The fourth-order valence-corrected chi connectivity index (χ4v) is 5.46. The van der Waals surface area contributed by atoms with E-state index in [1.54, 1.807) is 13.0 Å². The Balaban J connectivity index is 1.50. The molecule has 1 saturated heterocycles. The molecule has 0 aliphatic carbocycles. The molecule has 1 fully saturated rings. The second kappa shape index (κ2) is 9.23. The number of nitrogens with one attached hydrogen (secondary N) is 1. The molecule has 31 heavy (non-hydrogen) atoms. The van der Waals surface area contributed by atoms with Gasteiger partial charge in [-0.3, -0.25) is 10.1 Å². The summed E-state index contributed by atoms with van der Waals surface area (Å²) in [6, 6.07) is 14.5. The number of carbonyl (C=O) groups is 1. The number of rotatable bonds is 6. The van der Waals surface area contributed by atoms with E-state index in [0.717, 1.165) is 10.6 Å². The highest BCUT2D eigenvalue weighted by Gasteiger charge is 2.27. The van der Waals surface area contributed by atoms with E-state index < -0.39 is 15.9 Å². The maximum Gasteiger partial charge on any atom is 0.257 e. The fraction of sp³-hybridized carbons (Fsp3) is 0.286. The molecular weight excluding hydrogens is 436 g/mol. The normalized spacial score (nSPS) is 15.0. The smallest absolute Gasteiger partial charge is 0.257 e. The molecule has 0 unspecified atom stereocenters. The van der Waals surface area contributed by atoms with Gasteiger partial charge in [0.2, 0.25) is 15.2 Å². The van der Waals surface area contributed by atoms with Crippen molar-refractivity contribution in [2.75, 3.05) is 31.6 Å². The molecule has 8 nitrogen and oxygen atoms in total. The van der Waals surface area contributed by atoms with Gasteiger partial charge in [-0.05, 0) is 30.2 Å². The number of sulfonamides is 1. The maximum atomic E-state index is 12.9. The molecule has 1 aromatic heterocycles. The predicted octanol–water partition coefficient (Wildman–Crippen LogP) is 2.71. The number of hydrogen-bond acceptors (Lipinski definition) is 7. The molecule has 4 rings (SSSR count). The van der Waals surface area contributed by atoms with Crippen LogP contribution in [-0.2, 0) is 21.2 Å². The third kappa shape index (κ3) is 4.99. The molecule has 1 amide bonds. The number of amides is 1. The average Bonchev–Trinajstić information content (AvgIpc) is 3.21. The number of morpholine rings is 1. The van der Waals surface area contributed by atoms with Crippen molar-refractivity contribution in [3.63, 3.8) is 0 Å². The maximum absolute atomic E-state index is 12.9. The molecule has 1 aliphatic rings. The lowest BCUT2D eigenvalue weighted by atomic mass is 10.1. The third-order valence-corrected chi connectivity index (χ3v) is 7.68. The van der Waals surface area contributed by atoms with Crippen molar-refractivity contribution in [2.45, 2.75) is 18.2 Å². The Kier molecular flexibility index (Phi) is 6.42. The van der Waals surface area contributed by atoms with Crippen molar-refractivity contribution in [1.82, 2.24) is 14.5 Å². The first-order valence-electron chi connectivity index (χ1n) is 9.80. The minimum atomic E-state index is -3.69. The summed E-state index contributed by atoms with van der Waals surface area (Å²) in [5, 5.41) is 12.1. The minimum absolute atomic E-state index is 0.0900. The van der Waals surface area contributed by atoms with Crippen LogP contribution in [0, 0.1) is 6.92 Å². The Morgan fingerprint density at radius 2 is 1.87 bits per heavy atom. The van der Waals surface area contributed by atoms with Crippen molar-refractivity contribution in [1.29, 1.82) is 0 Å². The van der Waals surface area contributed by atoms with E-state index in [-0.39, 0.29) is 10.5 Å². The number of anilines is 1. The molecule has 162 valence electrons. The van der Waals surface area contributed by atoms with E-state index in [9.17, 15) is 13.2 Å². The largest absolute Gasteiger partial charge is 0.379 e. The molecular formula is C21H22N4O4S2. The Hall–Kier alpha value is -2.66. The van der Waals surface area contributed by atoms with Crippen LogP contribution in [0.25, 0.3) is 0 Å². The lowest BCUT2D eigenvalue weighted by Crippen LogP contribution is -2.40. The Morgan fingerprint density at radius 3 is 2.61 bits per heavy atom. The van der Waals surface area contributed by atoms with Crippen LogP contribution in [0.5, 0.6) is 0 Å². The SMILES string of the molecule is Cc1ccc(S(=O)(=O)N2CCOCC2)cc1C(=O)Nc1nnc(Cc2ccccc2)s1. The van der Waals surface area contributed by atoms with Crippen LogP contribution in [0.15, 0.2) is 53.4 Å². The second-order valence-electron chi connectivity index (χ2n) is 7.11. The predicted molar refractivity (Wildman–Crippen MR) is 118 cm³/mol. The van der Waals surface area contributed by atoms with Crippen LogP contribution in [0.3, 0.4) is 0 Å². The van der Waals surface area contributed by atoms with Crippen LogP contribution < -0.4 is 5.32 Å². The van der Waals surface area contributed by atoms with Crippen molar-refractivity contribution in [2.24, 2.45) is 0 Å². The number of carbonyl (C=O) groups excluding carboxylic acids is 1. The molecule has 0 radical (unpaired) electrons. The minimum Gasteiger partial charge on any atom is -0.379 e. The number of aryl methyl sites for hydroxylation is 1. The number of nitrogens with zero attached hydrogens (tertiary/aromatic N) is 3. The zero-order valence-electron chi connectivity index (χ0n) is 16.9. The van der Waals surface area contributed by atoms with Gasteiger partial charge in [0, 0.05) is 25.1 Å². The summed E-state index contributed by atoms with van der Waals surface area (Å²) in [5.74, 6) is -0.418. The van der Waals surface area contributed by atoms with Gasteiger partial charge in [-0.15, -0.1) is 10.2 Å². The van der Waals surface area contributed by atoms with Crippen LogP contribution in [0.4, 0.5) is 5.13 Å². The van der Waals surface area contributed by atoms with Gasteiger partial charge in [0.25, 0.3) is 5.91 Å². The van der Waals surface area contributed by atoms with Crippen molar-refractivity contribution < 1.29 is 17.9 Å². The van der Waals surface area contributed by atoms with Gasteiger partial charge in [0.1, 0.15) is 5.01 Å². The zero-order valence-corrected chi connectivity index (χ0v) is 18.6. The van der Waals surface area contributed by atoms with Gasteiger partial charge < -0.3 is 4.74 Å². The first-order chi connectivity index (χ1) is 14.9. The first-order valence-corrected chi connectivity index (χ1v) is 12.1. The Labute approximate surface area is 184 Å². The molecule has 0 spiro atoms. The quantitative estimate of drug-likeness (QED) is 0.609. The van der Waals surface area contributed by atoms with Crippen LogP contribution in [0.1, 0.15) is 26.5 Å². The summed E-state index contributed by atoms with van der Waals surface area (Å²) in [6.45, 7) is 3.09. The van der Waals surface area contributed by atoms with E-state index in [0.29, 0.717) is 43.4 Å². The highest BCUT2D eigenvalue weighted by molar-refractivity contribution is 7.89. The van der Waals surface area contributed by atoms with Crippen LogP contribution in [-0.4, -0.2) is 55.1 Å². The summed E-state index contributed by atoms with van der Waals surface area (Å²) in [4.78, 5) is 12.9. The summed E-state index contributed by atoms with van der Waals surface area (Å²) in [5.41, 5.74) is 2.06. The lowest BCUT2D eigenvalue weighted by molar-refractivity contribution is 0.0730. The standard InChI is InChI=1S/C21H22N4O4S2/c1-15-7-8-17(31(27,28)25-9-11-29-12-10-25)14-18(15)20(26)22-21-24-23-19(30-21)13-16-5-3-2-4-6-16/h2-8,14H,9-13H2,1H3,(H,22,24,26). The van der Waals surface area contributed by atoms with Crippen LogP contribution in [0.2, 0.25) is 0 Å². The topological polar surface area (TPSA) is 101 Å². The third-order valence-electron chi connectivity index (χ3n) is 4.95. The highest BCUT2D eigenvalue weighted by Crippen LogP contribution is 2.23. The fourth-order valence-electron chi connectivity index (χ4n) is 3.25. The summed E-state index contributed by atoms with van der Waals surface area (Å²) >= 11 is 1.29. The summed E-state index contributed by atoms with van der Waals surface area (Å²) in [7, 11) is -3.69. The number of ether oxygens (including phenoxy) is 1. The Bertz CT molecular complexity index is 1170. The van der Waals surface area contributed by atoms with E-state index >= 15 is 0 Å². The van der Waals surface area contributed by atoms with Crippen molar-refractivity contribution >= 4 is 32.4 Å². The molecule has 10 heteroatoms. The molecule has 2 heterocycles. The van der Waals surface area contributed by atoms with Gasteiger partial charge >= 0.3 is 0 Å². The average molecular weight is 459 g/mol. The number of aromatic nitrogens is 2. The van der Waals surface area contributed by atoms with E-state index in [4.69, 9.17) is 4.74 Å². The van der Waals surface area contributed by atoms with E-state index in [2.05, 4.69) is 15.5 Å². The first kappa shape index (κ1) is 21.6. The van der Waals surface area contributed by atoms with E-state index in [1.807, 2.05) is 30.3 Å². The molecule has 0 saturated carbocycles. The second-order valence-corrected chi connectivity index (χ2v) is 10.1. The number of hydrogen-bond donors (Lipinski definition) is 1. The van der Waals surface area contributed by atoms with Gasteiger partial charge in [-0.25, -0.2) is 8.42 Å². The van der Waals surface area contributed by atoms with E-state index in [1.165, 1.54) is 27.8 Å². The van der Waals surface area contributed by atoms with Crippen molar-refractivity contribution in [3.05, 3.63) is 70.2 Å². The Morgan fingerprint density at radius 1 is 1.13 bits per heavy atom. The zero-order chi connectivity index (χ0) is 21.8. The summed E-state index contributed by atoms with van der Waals surface area (Å²) in [6.07, 6.45) is 0.626. The summed E-state index contributed by atoms with van der Waals surface area (Å²) < 4.78 is 32.5. The number of benzene rings is 2. The van der Waals surface area contributed by atoms with Gasteiger partial charge in [0.05, 0.1) is 18.1 Å². The molecule has 0 atom stereocenters. The van der Waals surface area contributed by atoms with Gasteiger partial charge in [-0.1, -0.05) is 47.7 Å². The monoisotopic (exact) mass is 458 g/mol. The molecule has 2 aromatic carbocycles. The molecule has 3 aromatic rings. The lowest BCUT2D eigenvalue weighted by Gasteiger charge is -2.26. The van der Waals surface area contributed by atoms with Crippen molar-refractivity contribution in [3.8, 4) is 0 Å². The highest BCUT2D eigenvalue weighted by atomic mass is 32.2. The van der Waals surface area contributed by atoms with Gasteiger partial charge in [0.15, 0.2) is 0 Å². The van der Waals surface area contributed by atoms with Gasteiger partial charge in [-0.2, -0.15) is 4.31 Å². The molecule has 1 N–H and O–H groups in total.